The molecule has 0 saturated carbocycles. The summed E-state index contributed by atoms with van der Waals surface area (Å²) >= 11 is 0. The van der Waals surface area contributed by atoms with Crippen molar-refractivity contribution in [3.63, 3.8) is 0 Å². The molecule has 0 amide bonds. The minimum atomic E-state index is -1.52. The largest absolute Gasteiger partial charge is 0.491 e. The molecule has 0 spiro atoms. The van der Waals surface area contributed by atoms with E-state index < -0.39 is 37.3 Å². The van der Waals surface area contributed by atoms with Gasteiger partial charge >= 0.3 is 0 Å². The number of allylic oxidation sites excluding steroid dienone is 1. The molecule has 2 rings (SSSR count). The molecular weight excluding hydrogens is 426 g/mol. The minimum Gasteiger partial charge on any atom is -0.491 e. The number of aliphatic imine (C=N–C) groups is 1. The van der Waals surface area contributed by atoms with Crippen LogP contribution in [0.3, 0.4) is 0 Å². The Bertz CT molecular complexity index is 801. The third-order valence-corrected chi connectivity index (χ3v) is 5.44. The van der Waals surface area contributed by atoms with Gasteiger partial charge < -0.3 is 34.6 Å². The number of rotatable bonds is 9. The summed E-state index contributed by atoms with van der Waals surface area (Å²) in [6.45, 7) is 9.70. The second kappa shape index (κ2) is 12.5. The Kier molecular flexibility index (Phi) is 10.3. The van der Waals surface area contributed by atoms with Gasteiger partial charge in [-0.1, -0.05) is 31.6 Å². The van der Waals surface area contributed by atoms with Crippen molar-refractivity contribution in [2.75, 3.05) is 13.7 Å². The zero-order valence-electron chi connectivity index (χ0n) is 20.4. The first kappa shape index (κ1) is 27.3. The highest BCUT2D eigenvalue weighted by Crippen LogP contribution is 2.26. The number of ether oxygens (including phenoxy) is 3. The number of hydrogen-bond donors (Lipinski definition) is 4. The maximum Gasteiger partial charge on any atom is 0.231 e. The molecule has 0 unspecified atom stereocenters. The van der Waals surface area contributed by atoms with Crippen molar-refractivity contribution in [2.24, 2.45) is 10.9 Å². The van der Waals surface area contributed by atoms with E-state index in [2.05, 4.69) is 18.8 Å². The highest BCUT2D eigenvalue weighted by Gasteiger charge is 2.45. The van der Waals surface area contributed by atoms with E-state index in [0.29, 0.717) is 12.3 Å². The van der Waals surface area contributed by atoms with Crippen LogP contribution in [0.4, 0.5) is 0 Å². The Labute approximate surface area is 196 Å². The van der Waals surface area contributed by atoms with Crippen LogP contribution in [0.25, 0.3) is 0 Å². The highest BCUT2D eigenvalue weighted by molar-refractivity contribution is 5.94. The minimum absolute atomic E-state index is 0.0883. The molecule has 1 aromatic rings. The summed E-state index contributed by atoms with van der Waals surface area (Å²) in [5, 5.41) is 40.0. The van der Waals surface area contributed by atoms with Gasteiger partial charge in [0.05, 0.1) is 12.7 Å². The molecule has 1 saturated heterocycles. The zero-order valence-corrected chi connectivity index (χ0v) is 20.4. The summed E-state index contributed by atoms with van der Waals surface area (Å²) in [4.78, 5) is 4.31. The highest BCUT2D eigenvalue weighted by atomic mass is 16.7. The van der Waals surface area contributed by atoms with Gasteiger partial charge in [-0.15, -0.1) is 0 Å². The molecule has 0 bridgehead atoms. The van der Waals surface area contributed by atoms with Crippen molar-refractivity contribution in [3.05, 3.63) is 41.0 Å². The van der Waals surface area contributed by atoms with Crippen LogP contribution in [-0.4, -0.2) is 76.8 Å². The fraction of sp³-hybridized carbons (Fsp3) is 0.640. The molecule has 0 radical (unpaired) electrons. The van der Waals surface area contributed by atoms with Crippen LogP contribution in [0.1, 0.15) is 46.6 Å². The molecular formula is C25H39NO7. The average Bonchev–Trinajstić information content (AvgIpc) is 2.76. The Morgan fingerprint density at radius 2 is 1.67 bits per heavy atom. The van der Waals surface area contributed by atoms with Gasteiger partial charge in [0, 0.05) is 19.0 Å². The lowest BCUT2D eigenvalue weighted by Crippen LogP contribution is -2.59. The van der Waals surface area contributed by atoms with Crippen molar-refractivity contribution >= 4 is 5.90 Å². The summed E-state index contributed by atoms with van der Waals surface area (Å²) < 4.78 is 17.2. The lowest BCUT2D eigenvalue weighted by molar-refractivity contribution is -0.281. The van der Waals surface area contributed by atoms with Crippen molar-refractivity contribution < 1.29 is 34.6 Å². The summed E-state index contributed by atoms with van der Waals surface area (Å²) in [6.07, 6.45) is -5.37. The quantitative estimate of drug-likeness (QED) is 0.326. The Hall–Kier alpha value is -1.97. The van der Waals surface area contributed by atoms with E-state index >= 15 is 0 Å². The van der Waals surface area contributed by atoms with Crippen LogP contribution >= 0.6 is 0 Å². The SMILES string of the molecule is CN=C(O[C@@H]1O[C@H](CO)[C@@H](O)[C@H](O)[C@H]1O)/C(Cc1ccc(OC(C)C)cc1)=C(/C)CC(C)C. The van der Waals surface area contributed by atoms with Crippen LogP contribution in [0.15, 0.2) is 40.4 Å². The molecule has 1 aromatic carbocycles. The van der Waals surface area contributed by atoms with E-state index in [0.717, 1.165) is 28.9 Å². The van der Waals surface area contributed by atoms with Crippen LogP contribution < -0.4 is 4.74 Å². The first-order valence-electron chi connectivity index (χ1n) is 11.5. The van der Waals surface area contributed by atoms with Crippen LogP contribution in [0.2, 0.25) is 0 Å². The summed E-state index contributed by atoms with van der Waals surface area (Å²) in [5.41, 5.74) is 2.96. The molecule has 0 aromatic heterocycles. The van der Waals surface area contributed by atoms with Gasteiger partial charge in [-0.05, 0) is 50.8 Å². The molecule has 1 heterocycles. The van der Waals surface area contributed by atoms with E-state index in [1.165, 1.54) is 0 Å². The number of benzene rings is 1. The summed E-state index contributed by atoms with van der Waals surface area (Å²) in [6, 6.07) is 7.82. The van der Waals surface area contributed by atoms with Gasteiger partial charge in [-0.3, -0.25) is 4.99 Å². The fourth-order valence-corrected chi connectivity index (χ4v) is 3.84. The normalized spacial score (nSPS) is 27.0. The molecule has 33 heavy (non-hydrogen) atoms. The zero-order chi connectivity index (χ0) is 24.7. The first-order chi connectivity index (χ1) is 15.6. The average molecular weight is 466 g/mol. The molecule has 1 fully saturated rings. The fourth-order valence-electron chi connectivity index (χ4n) is 3.84. The molecule has 1 aliphatic rings. The van der Waals surface area contributed by atoms with Crippen LogP contribution in [0.5, 0.6) is 5.75 Å². The van der Waals surface area contributed by atoms with Crippen molar-refractivity contribution in [2.45, 2.75) is 84.3 Å². The predicted molar refractivity (Wildman–Crippen MR) is 126 cm³/mol. The summed E-state index contributed by atoms with van der Waals surface area (Å²) in [7, 11) is 1.58. The van der Waals surface area contributed by atoms with Crippen LogP contribution in [0, 0.1) is 5.92 Å². The van der Waals surface area contributed by atoms with Crippen molar-refractivity contribution in [3.8, 4) is 5.75 Å². The maximum absolute atomic E-state index is 10.4. The predicted octanol–water partition coefficient (Wildman–Crippen LogP) is 2.22. The molecule has 5 atom stereocenters. The van der Waals surface area contributed by atoms with Gasteiger partial charge in [-0.25, -0.2) is 0 Å². The Balaban J connectivity index is 2.30. The Morgan fingerprint density at radius 3 is 2.18 bits per heavy atom. The topological polar surface area (TPSA) is 121 Å². The first-order valence-corrected chi connectivity index (χ1v) is 11.5. The number of hydrogen-bond acceptors (Lipinski definition) is 8. The van der Waals surface area contributed by atoms with E-state index in [9.17, 15) is 20.4 Å². The lowest BCUT2D eigenvalue weighted by atomic mass is 9.94. The van der Waals surface area contributed by atoms with Gasteiger partial charge in [0.25, 0.3) is 0 Å². The monoisotopic (exact) mass is 465 g/mol. The standard InChI is InChI=1S/C25H39NO7/c1-14(2)11-16(5)19(12-17-7-9-18(10-8-17)31-15(3)4)24(26-6)33-25-23(30)22(29)21(28)20(13-27)32-25/h7-10,14-15,20-23,25,27-30H,11-13H2,1-6H3/b19-16-,26-24?/t20-,21-,22+,23-,25+/m1/s1. The van der Waals surface area contributed by atoms with Crippen molar-refractivity contribution in [1.29, 1.82) is 0 Å². The van der Waals surface area contributed by atoms with Gasteiger partial charge in [-0.2, -0.15) is 0 Å². The lowest BCUT2D eigenvalue weighted by Gasteiger charge is -2.39. The van der Waals surface area contributed by atoms with Gasteiger partial charge in [0.15, 0.2) is 0 Å². The Morgan fingerprint density at radius 1 is 1.03 bits per heavy atom. The van der Waals surface area contributed by atoms with Crippen LogP contribution in [-0.2, 0) is 15.9 Å². The molecule has 0 aliphatic carbocycles. The van der Waals surface area contributed by atoms with E-state index in [1.54, 1.807) is 7.05 Å². The number of aliphatic hydroxyl groups excluding tert-OH is 4. The maximum atomic E-state index is 10.4. The van der Waals surface area contributed by atoms with Gasteiger partial charge in [0.2, 0.25) is 12.2 Å². The van der Waals surface area contributed by atoms with Crippen molar-refractivity contribution in [1.82, 2.24) is 0 Å². The van der Waals surface area contributed by atoms with E-state index in [1.807, 2.05) is 45.0 Å². The van der Waals surface area contributed by atoms with E-state index in [-0.39, 0.29) is 12.0 Å². The molecule has 4 N–H and O–H groups in total. The van der Waals surface area contributed by atoms with E-state index in [4.69, 9.17) is 14.2 Å². The third kappa shape index (κ3) is 7.52. The molecule has 1 aliphatic heterocycles. The smallest absolute Gasteiger partial charge is 0.231 e. The number of aliphatic hydroxyl groups is 4. The summed E-state index contributed by atoms with van der Waals surface area (Å²) in [5.74, 6) is 1.48. The number of nitrogens with zero attached hydrogens (tertiary/aromatic N) is 1. The second-order valence-corrected chi connectivity index (χ2v) is 9.19. The second-order valence-electron chi connectivity index (χ2n) is 9.19. The molecule has 8 heteroatoms. The third-order valence-electron chi connectivity index (χ3n) is 5.44. The molecule has 186 valence electrons. The molecule has 8 nitrogen and oxygen atoms in total. The van der Waals surface area contributed by atoms with Gasteiger partial charge in [0.1, 0.15) is 30.2 Å².